The standard InChI is InChI=1S/C18H13F6NO4S/c19-17(20,21)11-1-5-13(6-2-11)25-10-9-15(16(25)26)29-30(27,28)14-7-3-12(4-8-14)18(22,23)24/h1-8,15H,9-10H2. The minimum absolute atomic E-state index is 0.00258. The van der Waals surface area contributed by atoms with Gasteiger partial charge in [0.15, 0.2) is 6.10 Å². The third kappa shape index (κ3) is 4.59. The highest BCUT2D eigenvalue weighted by molar-refractivity contribution is 7.86. The summed E-state index contributed by atoms with van der Waals surface area (Å²) in [5, 5.41) is 0. The topological polar surface area (TPSA) is 63.7 Å². The van der Waals surface area contributed by atoms with Crippen molar-refractivity contribution in [2.75, 3.05) is 11.4 Å². The van der Waals surface area contributed by atoms with E-state index < -0.39 is 50.5 Å². The molecule has 0 aromatic heterocycles. The summed E-state index contributed by atoms with van der Waals surface area (Å²) in [5.41, 5.74) is -1.83. The first kappa shape index (κ1) is 22.1. The van der Waals surface area contributed by atoms with Crippen LogP contribution in [0.3, 0.4) is 0 Å². The first-order valence-corrected chi connectivity index (χ1v) is 9.79. The van der Waals surface area contributed by atoms with Gasteiger partial charge < -0.3 is 4.90 Å². The van der Waals surface area contributed by atoms with Crippen LogP contribution in [-0.4, -0.2) is 27.0 Å². The molecule has 30 heavy (non-hydrogen) atoms. The molecule has 1 aliphatic rings. The second kappa shape index (κ2) is 7.58. The molecule has 2 aromatic rings. The summed E-state index contributed by atoms with van der Waals surface area (Å²) in [6, 6.07) is 6.30. The number of carbonyl (C=O) groups is 1. The summed E-state index contributed by atoms with van der Waals surface area (Å²) in [5.74, 6) is -0.787. The third-order valence-electron chi connectivity index (χ3n) is 4.38. The molecule has 0 radical (unpaired) electrons. The number of alkyl halides is 6. The second-order valence-electron chi connectivity index (χ2n) is 6.38. The molecule has 2 aromatic carbocycles. The number of anilines is 1. The van der Waals surface area contributed by atoms with Crippen molar-refractivity contribution < 1.29 is 43.7 Å². The molecule has 3 rings (SSSR count). The number of halogens is 6. The number of hydrogen-bond donors (Lipinski definition) is 0. The van der Waals surface area contributed by atoms with Gasteiger partial charge in [-0.05, 0) is 48.5 Å². The molecule has 1 atom stereocenters. The molecule has 1 unspecified atom stereocenters. The van der Waals surface area contributed by atoms with Gasteiger partial charge in [-0.3, -0.25) is 8.98 Å². The molecule has 0 bridgehead atoms. The third-order valence-corrected chi connectivity index (χ3v) is 5.71. The molecule has 0 aliphatic carbocycles. The molecule has 1 aliphatic heterocycles. The average molecular weight is 453 g/mol. The number of benzene rings is 2. The summed E-state index contributed by atoms with van der Waals surface area (Å²) < 4.78 is 105. The molecule has 1 heterocycles. The number of hydrogen-bond acceptors (Lipinski definition) is 4. The molecule has 1 saturated heterocycles. The van der Waals surface area contributed by atoms with Gasteiger partial charge in [0.1, 0.15) is 0 Å². The smallest absolute Gasteiger partial charge is 0.310 e. The highest BCUT2D eigenvalue weighted by atomic mass is 32.2. The van der Waals surface area contributed by atoms with Gasteiger partial charge in [-0.1, -0.05) is 0 Å². The molecule has 5 nitrogen and oxygen atoms in total. The highest BCUT2D eigenvalue weighted by Gasteiger charge is 2.38. The quantitative estimate of drug-likeness (QED) is 0.514. The van der Waals surface area contributed by atoms with Crippen molar-refractivity contribution >= 4 is 21.7 Å². The van der Waals surface area contributed by atoms with E-state index in [1.807, 2.05) is 0 Å². The van der Waals surface area contributed by atoms with Crippen LogP contribution in [0.5, 0.6) is 0 Å². The van der Waals surface area contributed by atoms with Crippen LogP contribution < -0.4 is 4.90 Å². The van der Waals surface area contributed by atoms with Crippen LogP contribution >= 0.6 is 0 Å². The van der Waals surface area contributed by atoms with Crippen LogP contribution in [0.25, 0.3) is 0 Å². The van der Waals surface area contributed by atoms with E-state index in [2.05, 4.69) is 0 Å². The summed E-state index contributed by atoms with van der Waals surface area (Å²) in [6.45, 7) is -0.00258. The van der Waals surface area contributed by atoms with Crippen molar-refractivity contribution in [3.05, 3.63) is 59.7 Å². The lowest BCUT2D eigenvalue weighted by molar-refractivity contribution is -0.138. The Kier molecular flexibility index (Phi) is 5.58. The van der Waals surface area contributed by atoms with E-state index >= 15 is 0 Å². The van der Waals surface area contributed by atoms with Gasteiger partial charge in [0.25, 0.3) is 16.0 Å². The summed E-state index contributed by atoms with van der Waals surface area (Å²) in [4.78, 5) is 13.0. The Balaban J connectivity index is 1.73. The fourth-order valence-corrected chi connectivity index (χ4v) is 3.91. The summed E-state index contributed by atoms with van der Waals surface area (Å²) in [7, 11) is -4.53. The fourth-order valence-electron chi connectivity index (χ4n) is 2.85. The molecule has 1 fully saturated rings. The Hall–Kier alpha value is -2.60. The van der Waals surface area contributed by atoms with Crippen molar-refractivity contribution in [2.24, 2.45) is 0 Å². The lowest BCUT2D eigenvalue weighted by Gasteiger charge is -2.18. The summed E-state index contributed by atoms with van der Waals surface area (Å²) >= 11 is 0. The van der Waals surface area contributed by atoms with Crippen molar-refractivity contribution in [2.45, 2.75) is 29.8 Å². The van der Waals surface area contributed by atoms with Crippen LogP contribution in [0.15, 0.2) is 53.4 Å². The first-order valence-electron chi connectivity index (χ1n) is 8.38. The number of rotatable bonds is 4. The Labute approximate surface area is 167 Å². The van der Waals surface area contributed by atoms with E-state index in [0.29, 0.717) is 24.3 Å². The molecule has 1 amide bonds. The van der Waals surface area contributed by atoms with E-state index in [9.17, 15) is 39.6 Å². The SMILES string of the molecule is O=C1C(OS(=O)(=O)c2ccc(C(F)(F)F)cc2)CCN1c1ccc(C(F)(F)F)cc1. The molecular formula is C18H13F6NO4S. The molecule has 0 spiro atoms. The van der Waals surface area contributed by atoms with E-state index in [-0.39, 0.29) is 18.7 Å². The normalized spacial score (nSPS) is 18.1. The Morgan fingerprint density at radius 3 is 1.77 bits per heavy atom. The summed E-state index contributed by atoms with van der Waals surface area (Å²) in [6.07, 6.45) is -10.7. The minimum Gasteiger partial charge on any atom is -0.310 e. The maximum absolute atomic E-state index is 12.6. The monoisotopic (exact) mass is 453 g/mol. The van der Waals surface area contributed by atoms with Crippen molar-refractivity contribution in [1.29, 1.82) is 0 Å². The molecule has 162 valence electrons. The zero-order valence-electron chi connectivity index (χ0n) is 14.9. The van der Waals surface area contributed by atoms with Gasteiger partial charge in [0, 0.05) is 18.7 Å². The van der Waals surface area contributed by atoms with Crippen LogP contribution in [-0.2, 0) is 31.4 Å². The van der Waals surface area contributed by atoms with Crippen LogP contribution in [0.1, 0.15) is 17.5 Å². The lowest BCUT2D eigenvalue weighted by Crippen LogP contribution is -2.32. The van der Waals surface area contributed by atoms with E-state index in [4.69, 9.17) is 4.18 Å². The lowest BCUT2D eigenvalue weighted by atomic mass is 10.2. The largest absolute Gasteiger partial charge is 0.416 e. The molecular weight excluding hydrogens is 440 g/mol. The molecule has 0 saturated carbocycles. The number of carbonyl (C=O) groups excluding carboxylic acids is 1. The van der Waals surface area contributed by atoms with E-state index in [1.54, 1.807) is 0 Å². The van der Waals surface area contributed by atoms with Gasteiger partial charge in [-0.2, -0.15) is 34.8 Å². The van der Waals surface area contributed by atoms with Gasteiger partial charge >= 0.3 is 12.4 Å². The predicted molar refractivity (Wildman–Crippen MR) is 91.9 cm³/mol. The number of nitrogens with zero attached hydrogens (tertiary/aromatic N) is 1. The molecule has 12 heteroatoms. The van der Waals surface area contributed by atoms with Crippen LogP contribution in [0, 0.1) is 0 Å². The van der Waals surface area contributed by atoms with Gasteiger partial charge in [0.2, 0.25) is 0 Å². The Morgan fingerprint density at radius 2 is 1.30 bits per heavy atom. The maximum Gasteiger partial charge on any atom is 0.416 e. The second-order valence-corrected chi connectivity index (χ2v) is 7.96. The van der Waals surface area contributed by atoms with Crippen molar-refractivity contribution in [3.8, 4) is 0 Å². The fraction of sp³-hybridized carbons (Fsp3) is 0.278. The Morgan fingerprint density at radius 1 is 0.833 bits per heavy atom. The number of amides is 1. The highest BCUT2D eigenvalue weighted by Crippen LogP contribution is 2.33. The zero-order valence-corrected chi connectivity index (χ0v) is 15.7. The average Bonchev–Trinajstić information content (AvgIpc) is 3.00. The predicted octanol–water partition coefficient (Wildman–Crippen LogP) is 4.24. The van der Waals surface area contributed by atoms with E-state index in [0.717, 1.165) is 29.2 Å². The maximum atomic E-state index is 12.6. The first-order chi connectivity index (χ1) is 13.8. The van der Waals surface area contributed by atoms with Crippen LogP contribution in [0.2, 0.25) is 0 Å². The van der Waals surface area contributed by atoms with Gasteiger partial charge in [-0.15, -0.1) is 0 Å². The van der Waals surface area contributed by atoms with Crippen molar-refractivity contribution in [1.82, 2.24) is 0 Å². The van der Waals surface area contributed by atoms with E-state index in [1.165, 1.54) is 0 Å². The van der Waals surface area contributed by atoms with Crippen LogP contribution in [0.4, 0.5) is 32.0 Å². The zero-order chi connectivity index (χ0) is 22.3. The molecule has 0 N–H and O–H groups in total. The van der Waals surface area contributed by atoms with Crippen molar-refractivity contribution in [3.63, 3.8) is 0 Å². The van der Waals surface area contributed by atoms with Gasteiger partial charge in [-0.25, -0.2) is 0 Å². The minimum atomic E-state index is -4.65. The van der Waals surface area contributed by atoms with Gasteiger partial charge in [0.05, 0.1) is 16.0 Å². The Bertz CT molecular complexity index is 1030.